The van der Waals surface area contributed by atoms with Crippen LogP contribution in [0.5, 0.6) is 0 Å². The van der Waals surface area contributed by atoms with Crippen LogP contribution in [0.3, 0.4) is 0 Å². The number of aromatic nitrogens is 1. The van der Waals surface area contributed by atoms with E-state index < -0.39 is 0 Å². The standard InChI is InChI=1S/C17H22FN3/c1-3-12(2)16(13-7-5-4-6-8-13)17(21-19)14-9-10-20-11-15(14)18/h4-12,16-17,21H,3,19H2,1-2H3. The Bertz CT molecular complexity index is 559. The molecule has 0 saturated carbocycles. The van der Waals surface area contributed by atoms with Crippen LogP contribution in [0.1, 0.15) is 43.4 Å². The van der Waals surface area contributed by atoms with Gasteiger partial charge in [-0.05, 0) is 17.5 Å². The Labute approximate surface area is 125 Å². The van der Waals surface area contributed by atoms with Crippen molar-refractivity contribution in [2.45, 2.75) is 32.2 Å². The second-order valence-electron chi connectivity index (χ2n) is 5.36. The minimum Gasteiger partial charge on any atom is -0.271 e. The number of halogens is 1. The van der Waals surface area contributed by atoms with Gasteiger partial charge >= 0.3 is 0 Å². The fourth-order valence-electron chi connectivity index (χ4n) is 2.80. The summed E-state index contributed by atoms with van der Waals surface area (Å²) in [6, 6.07) is 11.5. The van der Waals surface area contributed by atoms with E-state index in [0.717, 1.165) is 12.0 Å². The van der Waals surface area contributed by atoms with Crippen LogP contribution in [0.4, 0.5) is 4.39 Å². The van der Waals surface area contributed by atoms with E-state index in [1.165, 1.54) is 6.20 Å². The predicted molar refractivity (Wildman–Crippen MR) is 82.9 cm³/mol. The highest BCUT2D eigenvalue weighted by atomic mass is 19.1. The first kappa shape index (κ1) is 15.6. The van der Waals surface area contributed by atoms with E-state index >= 15 is 0 Å². The molecule has 0 bridgehead atoms. The van der Waals surface area contributed by atoms with Crippen molar-refractivity contribution in [3.05, 3.63) is 65.7 Å². The molecule has 0 amide bonds. The molecule has 0 aliphatic heterocycles. The molecule has 1 aromatic carbocycles. The number of nitrogens with zero attached hydrogens (tertiary/aromatic N) is 1. The molecule has 0 aliphatic carbocycles. The van der Waals surface area contributed by atoms with Crippen molar-refractivity contribution in [2.24, 2.45) is 11.8 Å². The lowest BCUT2D eigenvalue weighted by Crippen LogP contribution is -2.35. The minimum absolute atomic E-state index is 0.0955. The number of nitrogens with one attached hydrogen (secondary N) is 1. The highest BCUT2D eigenvalue weighted by Gasteiger charge is 2.29. The van der Waals surface area contributed by atoms with Crippen molar-refractivity contribution < 1.29 is 4.39 Å². The van der Waals surface area contributed by atoms with E-state index in [1.54, 1.807) is 12.3 Å². The van der Waals surface area contributed by atoms with Crippen LogP contribution in [0.25, 0.3) is 0 Å². The van der Waals surface area contributed by atoms with Crippen LogP contribution in [-0.2, 0) is 0 Å². The third kappa shape index (κ3) is 3.46. The maximum Gasteiger partial charge on any atom is 0.146 e. The Morgan fingerprint density at radius 2 is 1.95 bits per heavy atom. The van der Waals surface area contributed by atoms with Crippen LogP contribution < -0.4 is 11.3 Å². The number of hydrogen-bond donors (Lipinski definition) is 2. The Balaban J connectivity index is 2.46. The normalized spacial score (nSPS) is 15.4. The molecule has 3 N–H and O–H groups in total. The molecule has 3 unspecified atom stereocenters. The molecule has 2 aromatic rings. The van der Waals surface area contributed by atoms with E-state index in [-0.39, 0.29) is 17.8 Å². The summed E-state index contributed by atoms with van der Waals surface area (Å²) >= 11 is 0. The van der Waals surface area contributed by atoms with Gasteiger partial charge in [0.25, 0.3) is 0 Å². The first-order valence-corrected chi connectivity index (χ1v) is 7.29. The second-order valence-corrected chi connectivity index (χ2v) is 5.36. The van der Waals surface area contributed by atoms with Crippen molar-refractivity contribution >= 4 is 0 Å². The maximum atomic E-state index is 14.1. The maximum absolute atomic E-state index is 14.1. The largest absolute Gasteiger partial charge is 0.271 e. The zero-order valence-electron chi connectivity index (χ0n) is 12.5. The highest BCUT2D eigenvalue weighted by Crippen LogP contribution is 2.38. The molecule has 3 atom stereocenters. The molecule has 0 radical (unpaired) electrons. The monoisotopic (exact) mass is 287 g/mol. The third-order valence-corrected chi connectivity index (χ3v) is 4.12. The molecule has 2 rings (SSSR count). The average molecular weight is 287 g/mol. The van der Waals surface area contributed by atoms with E-state index in [2.05, 4.69) is 36.4 Å². The molecule has 0 aliphatic rings. The van der Waals surface area contributed by atoms with Gasteiger partial charge in [0.1, 0.15) is 5.82 Å². The van der Waals surface area contributed by atoms with Crippen molar-refractivity contribution in [1.29, 1.82) is 0 Å². The second kappa shape index (κ2) is 7.29. The van der Waals surface area contributed by atoms with E-state index in [1.807, 2.05) is 18.2 Å². The number of rotatable bonds is 6. The zero-order chi connectivity index (χ0) is 15.2. The third-order valence-electron chi connectivity index (χ3n) is 4.12. The van der Waals surface area contributed by atoms with Gasteiger partial charge in [0.15, 0.2) is 0 Å². The highest BCUT2D eigenvalue weighted by molar-refractivity contribution is 5.28. The average Bonchev–Trinajstić information content (AvgIpc) is 2.53. The van der Waals surface area contributed by atoms with Gasteiger partial charge < -0.3 is 0 Å². The van der Waals surface area contributed by atoms with Crippen LogP contribution in [0.2, 0.25) is 0 Å². The van der Waals surface area contributed by atoms with Gasteiger partial charge in [-0.15, -0.1) is 0 Å². The summed E-state index contributed by atoms with van der Waals surface area (Å²) in [5.41, 5.74) is 4.52. The summed E-state index contributed by atoms with van der Waals surface area (Å²) < 4.78 is 14.1. The Morgan fingerprint density at radius 3 is 2.52 bits per heavy atom. The SMILES string of the molecule is CCC(C)C(c1ccccc1)C(NN)c1ccncc1F. The summed E-state index contributed by atoms with van der Waals surface area (Å²) in [5, 5.41) is 0. The summed E-state index contributed by atoms with van der Waals surface area (Å²) in [6.07, 6.45) is 3.82. The number of hydrazine groups is 1. The summed E-state index contributed by atoms with van der Waals surface area (Å²) in [7, 11) is 0. The van der Waals surface area contributed by atoms with Crippen molar-refractivity contribution in [3.63, 3.8) is 0 Å². The fourth-order valence-corrected chi connectivity index (χ4v) is 2.80. The Morgan fingerprint density at radius 1 is 1.24 bits per heavy atom. The van der Waals surface area contributed by atoms with Crippen LogP contribution in [-0.4, -0.2) is 4.98 Å². The van der Waals surface area contributed by atoms with Gasteiger partial charge in [-0.2, -0.15) is 0 Å². The van der Waals surface area contributed by atoms with Gasteiger partial charge in [-0.25, -0.2) is 4.39 Å². The molecule has 0 fully saturated rings. The Kier molecular flexibility index (Phi) is 5.42. The number of hydrogen-bond acceptors (Lipinski definition) is 3. The van der Waals surface area contributed by atoms with Gasteiger partial charge in [0, 0.05) is 17.7 Å². The van der Waals surface area contributed by atoms with Gasteiger partial charge in [0.2, 0.25) is 0 Å². The summed E-state index contributed by atoms with van der Waals surface area (Å²) in [4.78, 5) is 3.82. The Hall–Kier alpha value is -1.78. The summed E-state index contributed by atoms with van der Waals surface area (Å²) in [5.74, 6) is 5.90. The van der Waals surface area contributed by atoms with Gasteiger partial charge in [-0.3, -0.25) is 16.3 Å². The minimum atomic E-state index is -0.329. The van der Waals surface area contributed by atoms with Crippen LogP contribution in [0.15, 0.2) is 48.8 Å². The predicted octanol–water partition coefficient (Wildman–Crippen LogP) is 3.56. The molecule has 1 heterocycles. The molecule has 1 aromatic heterocycles. The van der Waals surface area contributed by atoms with E-state index in [9.17, 15) is 4.39 Å². The first-order valence-electron chi connectivity index (χ1n) is 7.29. The topological polar surface area (TPSA) is 50.9 Å². The van der Waals surface area contributed by atoms with Gasteiger partial charge in [0.05, 0.1) is 12.2 Å². The van der Waals surface area contributed by atoms with Crippen molar-refractivity contribution in [3.8, 4) is 0 Å². The molecule has 21 heavy (non-hydrogen) atoms. The van der Waals surface area contributed by atoms with Crippen molar-refractivity contribution in [2.75, 3.05) is 0 Å². The van der Waals surface area contributed by atoms with E-state index in [0.29, 0.717) is 11.5 Å². The van der Waals surface area contributed by atoms with Crippen molar-refractivity contribution in [1.82, 2.24) is 10.4 Å². The van der Waals surface area contributed by atoms with Gasteiger partial charge in [-0.1, -0.05) is 50.6 Å². The number of benzene rings is 1. The molecule has 0 saturated heterocycles. The quantitative estimate of drug-likeness (QED) is 0.631. The smallest absolute Gasteiger partial charge is 0.146 e. The first-order chi connectivity index (χ1) is 10.2. The number of pyridine rings is 1. The molecule has 112 valence electrons. The fraction of sp³-hybridized carbons (Fsp3) is 0.353. The molecule has 0 spiro atoms. The summed E-state index contributed by atoms with van der Waals surface area (Å²) in [6.45, 7) is 4.30. The molecular formula is C17H22FN3. The van der Waals surface area contributed by atoms with Crippen LogP contribution >= 0.6 is 0 Å². The number of nitrogens with two attached hydrogens (primary N) is 1. The molecular weight excluding hydrogens is 265 g/mol. The zero-order valence-corrected chi connectivity index (χ0v) is 12.5. The molecule has 4 heteroatoms. The van der Waals surface area contributed by atoms with E-state index in [4.69, 9.17) is 5.84 Å². The molecule has 3 nitrogen and oxygen atoms in total. The lowest BCUT2D eigenvalue weighted by Gasteiger charge is -2.32. The van der Waals surface area contributed by atoms with Crippen LogP contribution in [0, 0.1) is 11.7 Å². The lowest BCUT2D eigenvalue weighted by molar-refractivity contribution is 0.335. The lowest BCUT2D eigenvalue weighted by atomic mass is 9.78.